The summed E-state index contributed by atoms with van der Waals surface area (Å²) in [6, 6.07) is 10.1. The molecule has 0 bridgehead atoms. The Morgan fingerprint density at radius 1 is 1.11 bits per heavy atom. The Morgan fingerprint density at radius 3 is 2.26 bits per heavy atom. The first kappa shape index (κ1) is 15.7. The van der Waals surface area contributed by atoms with Crippen LogP contribution in [0.3, 0.4) is 0 Å². The van der Waals surface area contributed by atoms with E-state index in [0.29, 0.717) is 18.3 Å². The van der Waals surface area contributed by atoms with Crippen LogP contribution in [0, 0.1) is 11.8 Å². The number of carbonyl (C=O) groups is 1. The normalized spacial score (nSPS) is 12.7. The predicted molar refractivity (Wildman–Crippen MR) is 78.9 cm³/mol. The van der Waals surface area contributed by atoms with Crippen LogP contribution in [0.25, 0.3) is 0 Å². The largest absolute Gasteiger partial charge is 0.462 e. The summed E-state index contributed by atoms with van der Waals surface area (Å²) in [5.41, 5.74) is 1.18. The summed E-state index contributed by atoms with van der Waals surface area (Å²) in [6.45, 7) is 8.54. The molecule has 0 fully saturated rings. The number of benzene rings is 1. The molecule has 106 valence electrons. The van der Waals surface area contributed by atoms with Crippen molar-refractivity contribution in [3.63, 3.8) is 0 Å². The predicted octanol–water partition coefficient (Wildman–Crippen LogP) is 4.23. The Kier molecular flexibility index (Phi) is 6.61. The highest BCUT2D eigenvalue weighted by molar-refractivity contribution is 5.69. The highest BCUT2D eigenvalue weighted by Gasteiger charge is 2.19. The molecule has 0 aliphatic rings. The van der Waals surface area contributed by atoms with Gasteiger partial charge in [-0.1, -0.05) is 58.0 Å². The molecule has 0 aliphatic carbocycles. The maximum Gasteiger partial charge on any atom is 0.306 e. The molecule has 1 aromatic carbocycles. The summed E-state index contributed by atoms with van der Waals surface area (Å²) >= 11 is 0. The van der Waals surface area contributed by atoms with Crippen molar-refractivity contribution >= 4 is 5.97 Å². The van der Waals surface area contributed by atoms with E-state index in [9.17, 15) is 4.79 Å². The van der Waals surface area contributed by atoms with E-state index in [0.717, 1.165) is 12.8 Å². The molecular formula is C17H26O2. The Balaban J connectivity index is 2.40. The molecule has 0 aliphatic heterocycles. The summed E-state index contributed by atoms with van der Waals surface area (Å²) in [5.74, 6) is 0.848. The molecule has 2 nitrogen and oxygen atoms in total. The first-order valence-electron chi connectivity index (χ1n) is 7.22. The van der Waals surface area contributed by atoms with Gasteiger partial charge in [-0.05, 0) is 30.2 Å². The molecule has 2 heteroatoms. The van der Waals surface area contributed by atoms with Crippen molar-refractivity contribution in [3.05, 3.63) is 35.9 Å². The standard InChI is InChI=1S/C17H26O2/c1-13(2)12-16(14(3)4)19-17(18)11-10-15-8-6-5-7-9-15/h5-9,13-14,16H,10-12H2,1-4H3. The topological polar surface area (TPSA) is 26.3 Å². The Bertz CT molecular complexity index is 368. The van der Waals surface area contributed by atoms with Crippen LogP contribution < -0.4 is 0 Å². The van der Waals surface area contributed by atoms with Gasteiger partial charge in [0.05, 0.1) is 0 Å². The highest BCUT2D eigenvalue weighted by atomic mass is 16.5. The van der Waals surface area contributed by atoms with Crippen molar-refractivity contribution < 1.29 is 9.53 Å². The van der Waals surface area contributed by atoms with Gasteiger partial charge < -0.3 is 4.74 Å². The summed E-state index contributed by atoms with van der Waals surface area (Å²) in [6.07, 6.45) is 2.20. The third-order valence-electron chi connectivity index (χ3n) is 3.19. The van der Waals surface area contributed by atoms with E-state index in [-0.39, 0.29) is 12.1 Å². The molecule has 1 aromatic rings. The molecule has 0 saturated heterocycles. The highest BCUT2D eigenvalue weighted by Crippen LogP contribution is 2.17. The maximum atomic E-state index is 11.9. The average molecular weight is 262 g/mol. The van der Waals surface area contributed by atoms with Gasteiger partial charge in [-0.2, -0.15) is 0 Å². The van der Waals surface area contributed by atoms with E-state index in [1.54, 1.807) is 0 Å². The van der Waals surface area contributed by atoms with Crippen LogP contribution in [-0.2, 0) is 16.0 Å². The summed E-state index contributed by atoms with van der Waals surface area (Å²) in [4.78, 5) is 11.9. The van der Waals surface area contributed by atoms with Crippen LogP contribution >= 0.6 is 0 Å². The summed E-state index contributed by atoms with van der Waals surface area (Å²) < 4.78 is 5.61. The molecule has 0 saturated carbocycles. The van der Waals surface area contributed by atoms with Crippen molar-refractivity contribution in [2.75, 3.05) is 0 Å². The van der Waals surface area contributed by atoms with Crippen LogP contribution in [0.1, 0.15) is 46.1 Å². The number of ether oxygens (including phenoxy) is 1. The quantitative estimate of drug-likeness (QED) is 0.687. The Hall–Kier alpha value is -1.31. The first-order valence-corrected chi connectivity index (χ1v) is 7.22. The molecule has 19 heavy (non-hydrogen) atoms. The lowest BCUT2D eigenvalue weighted by molar-refractivity contribution is -0.152. The monoisotopic (exact) mass is 262 g/mol. The minimum absolute atomic E-state index is 0.0447. The molecule has 1 unspecified atom stereocenters. The van der Waals surface area contributed by atoms with E-state index in [4.69, 9.17) is 4.74 Å². The molecule has 0 amide bonds. The Morgan fingerprint density at radius 2 is 1.74 bits per heavy atom. The van der Waals surface area contributed by atoms with Gasteiger partial charge in [0.1, 0.15) is 6.10 Å². The fourth-order valence-corrected chi connectivity index (χ4v) is 2.04. The van der Waals surface area contributed by atoms with Gasteiger partial charge in [0.25, 0.3) is 0 Å². The number of hydrogen-bond donors (Lipinski definition) is 0. The lowest BCUT2D eigenvalue weighted by Crippen LogP contribution is -2.25. The molecule has 0 spiro atoms. The molecule has 1 atom stereocenters. The van der Waals surface area contributed by atoms with Gasteiger partial charge >= 0.3 is 5.97 Å². The zero-order valence-corrected chi connectivity index (χ0v) is 12.6. The molecule has 0 heterocycles. The number of hydrogen-bond acceptors (Lipinski definition) is 2. The minimum Gasteiger partial charge on any atom is -0.462 e. The van der Waals surface area contributed by atoms with Gasteiger partial charge in [-0.3, -0.25) is 4.79 Å². The second-order valence-electron chi connectivity index (χ2n) is 5.89. The third-order valence-corrected chi connectivity index (χ3v) is 3.19. The number of esters is 1. The second kappa shape index (κ2) is 7.98. The number of aryl methyl sites for hydroxylation is 1. The number of carbonyl (C=O) groups excluding carboxylic acids is 1. The van der Waals surface area contributed by atoms with Crippen molar-refractivity contribution in [1.29, 1.82) is 0 Å². The van der Waals surface area contributed by atoms with Crippen LogP contribution in [0.2, 0.25) is 0 Å². The van der Waals surface area contributed by atoms with Crippen molar-refractivity contribution in [2.24, 2.45) is 11.8 Å². The SMILES string of the molecule is CC(C)CC(OC(=O)CCc1ccccc1)C(C)C. The molecule has 0 aromatic heterocycles. The minimum atomic E-state index is -0.0804. The third kappa shape index (κ3) is 6.42. The van der Waals surface area contributed by atoms with E-state index in [1.807, 2.05) is 30.3 Å². The van der Waals surface area contributed by atoms with Gasteiger partial charge in [0.2, 0.25) is 0 Å². The fourth-order valence-electron chi connectivity index (χ4n) is 2.04. The van der Waals surface area contributed by atoms with Crippen molar-refractivity contribution in [1.82, 2.24) is 0 Å². The van der Waals surface area contributed by atoms with Gasteiger partial charge in [0, 0.05) is 6.42 Å². The Labute approximate surface area is 117 Å². The van der Waals surface area contributed by atoms with Gasteiger partial charge in [-0.25, -0.2) is 0 Å². The van der Waals surface area contributed by atoms with Crippen LogP contribution in [-0.4, -0.2) is 12.1 Å². The molecule has 0 N–H and O–H groups in total. The number of rotatable bonds is 7. The summed E-state index contributed by atoms with van der Waals surface area (Å²) in [5, 5.41) is 0. The summed E-state index contributed by atoms with van der Waals surface area (Å²) in [7, 11) is 0. The lowest BCUT2D eigenvalue weighted by Gasteiger charge is -2.23. The van der Waals surface area contributed by atoms with Gasteiger partial charge in [0.15, 0.2) is 0 Å². The molecule has 1 rings (SSSR count). The zero-order chi connectivity index (χ0) is 14.3. The van der Waals surface area contributed by atoms with Crippen molar-refractivity contribution in [2.45, 2.75) is 53.1 Å². The molecule has 0 radical (unpaired) electrons. The van der Waals surface area contributed by atoms with E-state index < -0.39 is 0 Å². The smallest absolute Gasteiger partial charge is 0.306 e. The fraction of sp³-hybridized carbons (Fsp3) is 0.588. The zero-order valence-electron chi connectivity index (χ0n) is 12.6. The van der Waals surface area contributed by atoms with Gasteiger partial charge in [-0.15, -0.1) is 0 Å². The maximum absolute atomic E-state index is 11.9. The van der Waals surface area contributed by atoms with Crippen LogP contribution in [0.5, 0.6) is 0 Å². The van der Waals surface area contributed by atoms with Crippen LogP contribution in [0.15, 0.2) is 30.3 Å². The van der Waals surface area contributed by atoms with E-state index in [2.05, 4.69) is 27.7 Å². The second-order valence-corrected chi connectivity index (χ2v) is 5.89. The first-order chi connectivity index (χ1) is 8.99. The average Bonchev–Trinajstić information content (AvgIpc) is 2.36. The van der Waals surface area contributed by atoms with Crippen molar-refractivity contribution in [3.8, 4) is 0 Å². The lowest BCUT2D eigenvalue weighted by atomic mass is 9.97. The van der Waals surface area contributed by atoms with E-state index >= 15 is 0 Å². The molecular weight excluding hydrogens is 236 g/mol. The van der Waals surface area contributed by atoms with E-state index in [1.165, 1.54) is 5.56 Å². The van der Waals surface area contributed by atoms with Crippen LogP contribution in [0.4, 0.5) is 0 Å².